The van der Waals surface area contributed by atoms with Gasteiger partial charge < -0.3 is 24.4 Å². The van der Waals surface area contributed by atoms with Crippen molar-refractivity contribution in [2.24, 2.45) is 0 Å². The van der Waals surface area contributed by atoms with Gasteiger partial charge in [-0.25, -0.2) is 0 Å². The van der Waals surface area contributed by atoms with E-state index in [-0.39, 0.29) is 6.61 Å². The van der Waals surface area contributed by atoms with E-state index >= 15 is 0 Å². The minimum Gasteiger partial charge on any atom is -0.394 e. The van der Waals surface area contributed by atoms with Crippen LogP contribution in [0, 0.1) is 6.61 Å². The number of aliphatic hydroxyl groups excluding tert-OH is 2. The Labute approximate surface area is 77.2 Å². The highest BCUT2D eigenvalue weighted by atomic mass is 16.6. The molecule has 0 unspecified atom stereocenters. The highest BCUT2D eigenvalue weighted by molar-refractivity contribution is 4.93. The van der Waals surface area contributed by atoms with Gasteiger partial charge in [0.25, 0.3) is 0 Å². The third kappa shape index (κ3) is 2.18. The molecule has 1 fully saturated rings. The van der Waals surface area contributed by atoms with Crippen LogP contribution < -0.4 is 0 Å². The molecule has 2 N–H and O–H groups in total. The summed E-state index contributed by atoms with van der Waals surface area (Å²) in [6.45, 7) is 1.19. The van der Waals surface area contributed by atoms with Gasteiger partial charge in [-0.1, -0.05) is 0 Å². The van der Waals surface area contributed by atoms with Crippen molar-refractivity contribution in [1.82, 2.24) is 0 Å². The fourth-order valence-electron chi connectivity index (χ4n) is 1.36. The Bertz CT molecular complexity index is 151. The van der Waals surface area contributed by atoms with E-state index in [9.17, 15) is 5.11 Å². The fraction of sp³-hybridized carbons (Fsp3) is 0.875. The summed E-state index contributed by atoms with van der Waals surface area (Å²) in [5.74, 6) is 0. The molecule has 4 atom stereocenters. The minimum atomic E-state index is -0.870. The van der Waals surface area contributed by atoms with Gasteiger partial charge in [0.2, 0.25) is 0 Å². The van der Waals surface area contributed by atoms with Crippen molar-refractivity contribution in [2.75, 3.05) is 20.8 Å². The number of ether oxygens (including phenoxy) is 3. The summed E-state index contributed by atoms with van der Waals surface area (Å²) in [6.07, 6.45) is -2.39. The van der Waals surface area contributed by atoms with Crippen LogP contribution in [-0.4, -0.2) is 55.5 Å². The Balaban J connectivity index is 2.59. The summed E-state index contributed by atoms with van der Waals surface area (Å²) in [6, 6.07) is 0. The third-order valence-corrected chi connectivity index (χ3v) is 2.15. The molecule has 1 aliphatic rings. The first-order valence-electron chi connectivity index (χ1n) is 4.08. The van der Waals surface area contributed by atoms with E-state index in [0.717, 1.165) is 0 Å². The predicted molar refractivity (Wildman–Crippen MR) is 43.9 cm³/mol. The van der Waals surface area contributed by atoms with Crippen molar-refractivity contribution in [1.29, 1.82) is 0 Å². The summed E-state index contributed by atoms with van der Waals surface area (Å²) >= 11 is 0. The molecule has 0 amide bonds. The lowest BCUT2D eigenvalue weighted by molar-refractivity contribution is -0.186. The van der Waals surface area contributed by atoms with E-state index < -0.39 is 24.4 Å². The van der Waals surface area contributed by atoms with Crippen molar-refractivity contribution in [3.63, 3.8) is 0 Å². The van der Waals surface area contributed by atoms with Gasteiger partial charge in [-0.05, 0) is 0 Å². The maximum absolute atomic E-state index is 9.62. The molecular formula is C8H15O5. The van der Waals surface area contributed by atoms with E-state index in [1.807, 2.05) is 0 Å². The number of methoxy groups -OCH3 is 2. The number of hydrogen-bond donors (Lipinski definition) is 2. The van der Waals surface area contributed by atoms with Crippen LogP contribution in [0.1, 0.15) is 0 Å². The van der Waals surface area contributed by atoms with Crippen molar-refractivity contribution >= 4 is 0 Å². The van der Waals surface area contributed by atoms with Crippen molar-refractivity contribution in [3.05, 3.63) is 6.61 Å². The maximum atomic E-state index is 9.62. The van der Waals surface area contributed by atoms with Crippen LogP contribution in [-0.2, 0) is 14.2 Å². The van der Waals surface area contributed by atoms with Gasteiger partial charge in [-0.3, -0.25) is 0 Å². The van der Waals surface area contributed by atoms with Crippen LogP contribution in [0.4, 0.5) is 0 Å². The van der Waals surface area contributed by atoms with Gasteiger partial charge in [0.1, 0.15) is 31.0 Å². The molecule has 77 valence electrons. The zero-order chi connectivity index (χ0) is 9.84. The molecule has 0 spiro atoms. The Morgan fingerprint density at radius 3 is 2.54 bits per heavy atom. The second-order valence-corrected chi connectivity index (χ2v) is 2.88. The van der Waals surface area contributed by atoms with E-state index in [2.05, 4.69) is 0 Å². The largest absolute Gasteiger partial charge is 0.394 e. The molecule has 0 aromatic rings. The van der Waals surface area contributed by atoms with Crippen LogP contribution in [0.15, 0.2) is 0 Å². The summed E-state index contributed by atoms with van der Waals surface area (Å²) in [7, 11) is 2.98. The van der Waals surface area contributed by atoms with Gasteiger partial charge >= 0.3 is 0 Å². The second-order valence-electron chi connectivity index (χ2n) is 2.88. The first kappa shape index (κ1) is 10.9. The average Bonchev–Trinajstić information content (AvgIpc) is 2.17. The normalized spacial score (nSPS) is 40.6. The Hall–Kier alpha value is -0.200. The lowest BCUT2D eigenvalue weighted by atomic mass is 10.0. The first-order valence-corrected chi connectivity index (χ1v) is 4.08. The van der Waals surface area contributed by atoms with E-state index in [1.165, 1.54) is 20.8 Å². The summed E-state index contributed by atoms with van der Waals surface area (Å²) < 4.78 is 15.1. The Morgan fingerprint density at radius 2 is 2.08 bits per heavy atom. The molecule has 1 radical (unpaired) electrons. The topological polar surface area (TPSA) is 68.2 Å². The van der Waals surface area contributed by atoms with Crippen LogP contribution in [0.3, 0.4) is 0 Å². The lowest BCUT2D eigenvalue weighted by Gasteiger charge is -2.37. The zero-order valence-electron chi connectivity index (χ0n) is 7.71. The standard InChI is InChI=1S/C8H15O5/c1-11-6-4-13-5(3-9)7(10)8(6)12-2/h4-10H,3H2,1-2H3/t5-,6+,7-,8-/m1/s1. The Morgan fingerprint density at radius 1 is 1.38 bits per heavy atom. The molecule has 1 aliphatic heterocycles. The molecule has 0 saturated carbocycles. The van der Waals surface area contributed by atoms with Crippen LogP contribution in [0.25, 0.3) is 0 Å². The minimum absolute atomic E-state index is 0.242. The van der Waals surface area contributed by atoms with Crippen molar-refractivity contribution in [3.8, 4) is 0 Å². The number of hydrogen-bond acceptors (Lipinski definition) is 5. The lowest BCUT2D eigenvalue weighted by Crippen LogP contribution is -2.53. The summed E-state index contributed by atoms with van der Waals surface area (Å²) in [5.41, 5.74) is 0. The van der Waals surface area contributed by atoms with Crippen molar-refractivity contribution < 1.29 is 24.4 Å². The predicted octanol–water partition coefficient (Wildman–Crippen LogP) is -1.07. The summed E-state index contributed by atoms with van der Waals surface area (Å²) in [5, 5.41) is 18.5. The highest BCUT2D eigenvalue weighted by Gasteiger charge is 2.39. The SMILES string of the molecule is CO[C@H]1[C@H](O)[C@@H](CO)O[CH][C@@H]1OC. The van der Waals surface area contributed by atoms with Crippen molar-refractivity contribution in [2.45, 2.75) is 24.4 Å². The molecule has 0 aromatic carbocycles. The highest BCUT2D eigenvalue weighted by Crippen LogP contribution is 2.22. The molecule has 1 rings (SSSR count). The van der Waals surface area contributed by atoms with Crippen LogP contribution >= 0.6 is 0 Å². The molecular weight excluding hydrogens is 176 g/mol. The van der Waals surface area contributed by atoms with E-state index in [4.69, 9.17) is 19.3 Å². The number of rotatable bonds is 3. The van der Waals surface area contributed by atoms with Gasteiger partial charge in [0, 0.05) is 14.2 Å². The smallest absolute Gasteiger partial charge is 0.116 e. The molecule has 13 heavy (non-hydrogen) atoms. The molecule has 5 heteroatoms. The zero-order valence-corrected chi connectivity index (χ0v) is 7.71. The Kier molecular flexibility index (Phi) is 4.08. The van der Waals surface area contributed by atoms with E-state index in [0.29, 0.717) is 0 Å². The number of aliphatic hydroxyl groups is 2. The molecule has 1 heterocycles. The van der Waals surface area contributed by atoms with Gasteiger partial charge in [-0.15, -0.1) is 0 Å². The van der Waals surface area contributed by atoms with Gasteiger partial charge in [0.15, 0.2) is 0 Å². The summed E-state index contributed by atoms with van der Waals surface area (Å²) in [4.78, 5) is 0. The fourth-order valence-corrected chi connectivity index (χ4v) is 1.36. The molecule has 0 bridgehead atoms. The monoisotopic (exact) mass is 191 g/mol. The van der Waals surface area contributed by atoms with Crippen LogP contribution in [0.2, 0.25) is 0 Å². The van der Waals surface area contributed by atoms with E-state index in [1.54, 1.807) is 0 Å². The average molecular weight is 191 g/mol. The molecule has 0 aliphatic carbocycles. The maximum Gasteiger partial charge on any atom is 0.116 e. The van der Waals surface area contributed by atoms with Gasteiger partial charge in [-0.2, -0.15) is 0 Å². The van der Waals surface area contributed by atoms with Gasteiger partial charge in [0.05, 0.1) is 6.61 Å². The molecule has 0 aromatic heterocycles. The third-order valence-electron chi connectivity index (χ3n) is 2.15. The molecule has 5 nitrogen and oxygen atoms in total. The quantitative estimate of drug-likeness (QED) is 0.594. The second kappa shape index (κ2) is 4.88. The first-order chi connectivity index (χ1) is 6.24. The van der Waals surface area contributed by atoms with Crippen LogP contribution in [0.5, 0.6) is 0 Å². The molecule has 1 saturated heterocycles.